The topological polar surface area (TPSA) is 35.5 Å². The molecule has 3 aliphatic heterocycles. The number of nitrogens with zero attached hydrogens (tertiary/aromatic N) is 1. The lowest BCUT2D eigenvalue weighted by atomic mass is 9.72. The van der Waals surface area contributed by atoms with Crippen molar-refractivity contribution in [2.75, 3.05) is 23.4 Å². The van der Waals surface area contributed by atoms with E-state index in [1.165, 1.54) is 33.6 Å². The SMILES string of the molecule is OC[C@@H]1CN2c3ccccc3[C@H]3Nc4ccccc4[C@H]3[C@H]2c2ccccc21. The fourth-order valence-corrected chi connectivity index (χ4v) is 5.55. The van der Waals surface area contributed by atoms with Crippen LogP contribution in [-0.4, -0.2) is 18.3 Å². The molecule has 0 aromatic heterocycles. The Hall–Kier alpha value is -2.78. The van der Waals surface area contributed by atoms with E-state index in [1.54, 1.807) is 0 Å². The third-order valence-electron chi connectivity index (χ3n) is 6.64. The van der Waals surface area contributed by atoms with Gasteiger partial charge in [-0.15, -0.1) is 0 Å². The van der Waals surface area contributed by atoms with Crippen molar-refractivity contribution in [3.05, 3.63) is 95.1 Å². The molecule has 3 aliphatic rings. The van der Waals surface area contributed by atoms with Crippen LogP contribution in [0.2, 0.25) is 0 Å². The number of hydrogen-bond acceptors (Lipinski definition) is 3. The normalized spacial score (nSPS) is 26.9. The Balaban J connectivity index is 1.63. The zero-order valence-electron chi connectivity index (χ0n) is 15.0. The lowest BCUT2D eigenvalue weighted by molar-refractivity contribution is 0.253. The van der Waals surface area contributed by atoms with Crippen LogP contribution >= 0.6 is 0 Å². The summed E-state index contributed by atoms with van der Waals surface area (Å²) in [5.74, 6) is 0.531. The van der Waals surface area contributed by atoms with Crippen LogP contribution in [0.1, 0.15) is 46.2 Å². The number of benzene rings is 3. The number of anilines is 2. The molecule has 4 atom stereocenters. The Bertz CT molecular complexity index is 1030. The Morgan fingerprint density at radius 3 is 2.30 bits per heavy atom. The van der Waals surface area contributed by atoms with Gasteiger partial charge in [0.2, 0.25) is 0 Å². The molecule has 3 aromatic carbocycles. The van der Waals surface area contributed by atoms with Gasteiger partial charge in [0.25, 0.3) is 0 Å². The van der Waals surface area contributed by atoms with Crippen LogP contribution in [0.3, 0.4) is 0 Å². The van der Waals surface area contributed by atoms with Gasteiger partial charge in [-0.2, -0.15) is 0 Å². The third-order valence-corrected chi connectivity index (χ3v) is 6.64. The Labute approximate surface area is 159 Å². The summed E-state index contributed by atoms with van der Waals surface area (Å²) < 4.78 is 0. The summed E-state index contributed by atoms with van der Waals surface area (Å²) in [5, 5.41) is 13.9. The summed E-state index contributed by atoms with van der Waals surface area (Å²) >= 11 is 0. The molecule has 0 amide bonds. The maximum Gasteiger partial charge on any atom is 0.0638 e. The van der Waals surface area contributed by atoms with Gasteiger partial charge < -0.3 is 15.3 Å². The van der Waals surface area contributed by atoms with Gasteiger partial charge in [0, 0.05) is 29.8 Å². The molecule has 0 saturated carbocycles. The van der Waals surface area contributed by atoms with Crippen molar-refractivity contribution >= 4 is 11.4 Å². The van der Waals surface area contributed by atoms with Gasteiger partial charge in [0.15, 0.2) is 0 Å². The zero-order valence-corrected chi connectivity index (χ0v) is 15.0. The number of hydrogen-bond donors (Lipinski definition) is 2. The first-order valence-corrected chi connectivity index (χ1v) is 9.77. The largest absolute Gasteiger partial charge is 0.396 e. The number of aliphatic hydroxyl groups excluding tert-OH is 1. The van der Waals surface area contributed by atoms with Crippen molar-refractivity contribution in [2.45, 2.75) is 23.9 Å². The average Bonchev–Trinajstić information content (AvgIpc) is 3.12. The van der Waals surface area contributed by atoms with Crippen molar-refractivity contribution in [3.8, 4) is 0 Å². The summed E-state index contributed by atoms with van der Waals surface area (Å²) in [4.78, 5) is 2.55. The number of fused-ring (bicyclic) bond motifs is 10. The molecule has 3 nitrogen and oxygen atoms in total. The molecular formula is C24H22N2O. The van der Waals surface area contributed by atoms with Crippen molar-refractivity contribution in [2.24, 2.45) is 0 Å². The maximum absolute atomic E-state index is 10.1. The minimum Gasteiger partial charge on any atom is -0.396 e. The number of aliphatic hydroxyl groups is 1. The van der Waals surface area contributed by atoms with Crippen LogP contribution in [0.5, 0.6) is 0 Å². The summed E-state index contributed by atoms with van der Waals surface area (Å²) in [6.07, 6.45) is 0. The molecule has 3 aromatic rings. The van der Waals surface area contributed by atoms with E-state index in [0.717, 1.165) is 6.54 Å². The maximum atomic E-state index is 10.1. The molecule has 0 saturated heterocycles. The van der Waals surface area contributed by atoms with Crippen LogP contribution in [0.15, 0.2) is 72.8 Å². The Morgan fingerprint density at radius 2 is 1.48 bits per heavy atom. The zero-order chi connectivity index (χ0) is 18.0. The van der Waals surface area contributed by atoms with E-state index in [9.17, 15) is 5.11 Å². The molecule has 0 spiro atoms. The lowest BCUT2D eigenvalue weighted by Gasteiger charge is -2.50. The highest BCUT2D eigenvalue weighted by Crippen LogP contribution is 2.60. The molecular weight excluding hydrogens is 332 g/mol. The predicted molar refractivity (Wildman–Crippen MR) is 108 cm³/mol. The lowest BCUT2D eigenvalue weighted by Crippen LogP contribution is -2.46. The fourth-order valence-electron chi connectivity index (χ4n) is 5.55. The van der Waals surface area contributed by atoms with E-state index in [4.69, 9.17) is 0 Å². The quantitative estimate of drug-likeness (QED) is 0.671. The van der Waals surface area contributed by atoms with Crippen LogP contribution in [-0.2, 0) is 0 Å². The van der Waals surface area contributed by atoms with Gasteiger partial charge in [-0.1, -0.05) is 60.7 Å². The standard InChI is InChI=1S/C24H22N2O/c27-14-15-13-26-21-12-6-4-10-19(21)23-22(18-9-3-5-11-20(18)25-23)24(26)17-8-2-1-7-16(15)17/h1-12,15,22-25,27H,13-14H2/t15-,22+,23+,24+/m0/s1. The van der Waals surface area contributed by atoms with Crippen LogP contribution in [0.4, 0.5) is 11.4 Å². The van der Waals surface area contributed by atoms with Crippen molar-refractivity contribution in [1.29, 1.82) is 0 Å². The molecule has 0 unspecified atom stereocenters. The summed E-state index contributed by atoms with van der Waals surface area (Å²) in [6.45, 7) is 1.05. The monoisotopic (exact) mass is 354 g/mol. The van der Waals surface area contributed by atoms with E-state index in [-0.39, 0.29) is 12.5 Å². The second-order valence-corrected chi connectivity index (χ2v) is 7.90. The number of nitrogens with one attached hydrogen (secondary N) is 1. The molecule has 0 aliphatic carbocycles. The highest BCUT2D eigenvalue weighted by Gasteiger charge is 2.49. The van der Waals surface area contributed by atoms with Crippen LogP contribution in [0.25, 0.3) is 0 Å². The molecule has 0 radical (unpaired) electrons. The van der Waals surface area contributed by atoms with Gasteiger partial charge in [0.05, 0.1) is 18.7 Å². The van der Waals surface area contributed by atoms with Gasteiger partial charge in [-0.3, -0.25) is 0 Å². The molecule has 27 heavy (non-hydrogen) atoms. The van der Waals surface area contributed by atoms with Crippen LogP contribution in [0, 0.1) is 0 Å². The fraction of sp³-hybridized carbons (Fsp3) is 0.250. The van der Waals surface area contributed by atoms with Gasteiger partial charge in [-0.05, 0) is 34.4 Å². The van der Waals surface area contributed by atoms with Crippen molar-refractivity contribution < 1.29 is 5.11 Å². The second-order valence-electron chi connectivity index (χ2n) is 7.90. The summed E-state index contributed by atoms with van der Waals surface area (Å²) in [7, 11) is 0. The highest BCUT2D eigenvalue weighted by atomic mass is 16.3. The van der Waals surface area contributed by atoms with Crippen LogP contribution < -0.4 is 10.2 Å². The highest BCUT2D eigenvalue weighted by molar-refractivity contribution is 5.71. The van der Waals surface area contributed by atoms with Gasteiger partial charge >= 0.3 is 0 Å². The predicted octanol–water partition coefficient (Wildman–Crippen LogP) is 4.59. The van der Waals surface area contributed by atoms with E-state index in [0.29, 0.717) is 18.0 Å². The number of rotatable bonds is 1. The van der Waals surface area contributed by atoms with Gasteiger partial charge in [0.1, 0.15) is 0 Å². The number of para-hydroxylation sites is 2. The second kappa shape index (κ2) is 5.61. The summed E-state index contributed by atoms with van der Waals surface area (Å²) in [5.41, 5.74) is 8.01. The molecule has 6 rings (SSSR count). The Kier molecular flexibility index (Phi) is 3.18. The minimum absolute atomic E-state index is 0.159. The third kappa shape index (κ3) is 2.00. The molecule has 2 N–H and O–H groups in total. The average molecular weight is 354 g/mol. The molecule has 0 bridgehead atoms. The summed E-state index contributed by atoms with van der Waals surface area (Å²) in [6, 6.07) is 26.8. The minimum atomic E-state index is 0.159. The molecule has 0 fully saturated rings. The van der Waals surface area contributed by atoms with Gasteiger partial charge in [-0.25, -0.2) is 0 Å². The van der Waals surface area contributed by atoms with E-state index < -0.39 is 0 Å². The smallest absolute Gasteiger partial charge is 0.0638 e. The first kappa shape index (κ1) is 15.3. The molecule has 3 heterocycles. The van der Waals surface area contributed by atoms with Crippen molar-refractivity contribution in [3.63, 3.8) is 0 Å². The first-order valence-electron chi connectivity index (χ1n) is 9.77. The molecule has 3 heteroatoms. The van der Waals surface area contributed by atoms with E-state index >= 15 is 0 Å². The Morgan fingerprint density at radius 1 is 0.815 bits per heavy atom. The van der Waals surface area contributed by atoms with E-state index in [2.05, 4.69) is 83.0 Å². The molecule has 134 valence electrons. The van der Waals surface area contributed by atoms with Crippen molar-refractivity contribution in [1.82, 2.24) is 0 Å². The first-order chi connectivity index (χ1) is 13.4. The van der Waals surface area contributed by atoms with E-state index in [1.807, 2.05) is 0 Å².